The van der Waals surface area contributed by atoms with Gasteiger partial charge in [0.1, 0.15) is 0 Å². The van der Waals surface area contributed by atoms with Gasteiger partial charge in [-0.25, -0.2) is 0 Å². The van der Waals surface area contributed by atoms with Crippen molar-refractivity contribution in [2.75, 3.05) is 0 Å². The summed E-state index contributed by atoms with van der Waals surface area (Å²) in [4.78, 5) is 3.22. The van der Waals surface area contributed by atoms with E-state index in [0.717, 1.165) is 18.4 Å². The molecule has 7 heteroatoms. The van der Waals surface area contributed by atoms with E-state index in [1.54, 1.807) is 0 Å². The van der Waals surface area contributed by atoms with E-state index in [1.807, 2.05) is 24.3 Å². The Bertz CT molecular complexity index is 367. The van der Waals surface area contributed by atoms with Crippen molar-refractivity contribution in [3.8, 4) is 0 Å². The molecule has 0 aliphatic carbocycles. The molecule has 0 aliphatic rings. The summed E-state index contributed by atoms with van der Waals surface area (Å²) in [7, 11) is -6.00. The Kier molecular flexibility index (Phi) is 6.95. The molecule has 0 bridgehead atoms. The third-order valence-electron chi connectivity index (χ3n) is 1.90. The summed E-state index contributed by atoms with van der Waals surface area (Å²) >= 11 is 0. The van der Waals surface area contributed by atoms with Crippen LogP contribution < -0.4 is 0 Å². The number of aryl methyl sites for hydroxylation is 1. The Labute approximate surface area is 97.4 Å². The van der Waals surface area contributed by atoms with Crippen molar-refractivity contribution in [3.63, 3.8) is 0 Å². The molecule has 1 aromatic carbocycles. The second-order valence-corrected chi connectivity index (χ2v) is 3.33. The van der Waals surface area contributed by atoms with Gasteiger partial charge in [-0.15, -0.1) is 0 Å². The molecule has 1 aromatic rings. The molecule has 0 saturated heterocycles. The number of benzene rings is 1. The Morgan fingerprint density at radius 3 is 2.18 bits per heavy atom. The second kappa shape index (κ2) is 7.66. The predicted octanol–water partition coefficient (Wildman–Crippen LogP) is 4.81. The van der Waals surface area contributed by atoms with Crippen molar-refractivity contribution in [1.82, 2.24) is 0 Å². The first kappa shape index (κ1) is 15.4. The van der Waals surface area contributed by atoms with Gasteiger partial charge in [0, 0.05) is 11.6 Å². The fourth-order valence-electron chi connectivity index (χ4n) is 1.19. The van der Waals surface area contributed by atoms with Gasteiger partial charge < -0.3 is 17.3 Å². The van der Waals surface area contributed by atoms with Gasteiger partial charge in [0.15, 0.2) is 4.98 Å². The molecule has 0 aliphatic heterocycles. The summed E-state index contributed by atoms with van der Waals surface area (Å²) in [5.41, 5.74) is 1.83. The van der Waals surface area contributed by atoms with E-state index in [0.29, 0.717) is 5.69 Å². The SMILES string of the molecule is CCCCc1ccccc1[N+]#N.F[B-](F)(F)F. The van der Waals surface area contributed by atoms with Crippen molar-refractivity contribution in [1.29, 1.82) is 5.39 Å². The maximum atomic E-state index is 9.75. The van der Waals surface area contributed by atoms with Gasteiger partial charge in [-0.1, -0.05) is 31.5 Å². The zero-order valence-electron chi connectivity index (χ0n) is 9.41. The summed E-state index contributed by atoms with van der Waals surface area (Å²) in [6.45, 7) is 2.15. The van der Waals surface area contributed by atoms with Crippen LogP contribution in [-0.4, -0.2) is 7.25 Å². The van der Waals surface area contributed by atoms with Gasteiger partial charge in [0.05, 0.1) is 0 Å². The summed E-state index contributed by atoms with van der Waals surface area (Å²) < 4.78 is 39.0. The lowest BCUT2D eigenvalue weighted by Crippen LogP contribution is -2.02. The average molecular weight is 248 g/mol. The van der Waals surface area contributed by atoms with Crippen molar-refractivity contribution in [2.45, 2.75) is 26.2 Å². The number of diazo groups is 1. The van der Waals surface area contributed by atoms with E-state index in [1.165, 1.54) is 6.42 Å². The van der Waals surface area contributed by atoms with Crippen LogP contribution in [0.1, 0.15) is 25.3 Å². The molecule has 0 saturated carbocycles. The number of hydrogen-bond acceptors (Lipinski definition) is 1. The van der Waals surface area contributed by atoms with Crippen LogP contribution in [0.25, 0.3) is 4.98 Å². The maximum absolute atomic E-state index is 9.75. The fraction of sp³-hybridized carbons (Fsp3) is 0.400. The lowest BCUT2D eigenvalue weighted by molar-refractivity contribution is 0.368. The minimum Gasteiger partial charge on any atom is -0.418 e. The summed E-state index contributed by atoms with van der Waals surface area (Å²) in [5, 5.41) is 8.64. The standard InChI is InChI=1S/C10H13N2.BF4/c1-2-3-6-9-7-4-5-8-10(9)12-11;2-1(3,4)5/h4-5,7-8H,2-3,6H2,1H3;/q+1;-1. The number of nitrogens with zero attached hydrogens (tertiary/aromatic N) is 2. The van der Waals surface area contributed by atoms with E-state index in [4.69, 9.17) is 5.39 Å². The van der Waals surface area contributed by atoms with Crippen molar-refractivity contribution in [2.24, 2.45) is 0 Å². The van der Waals surface area contributed by atoms with E-state index in [2.05, 4.69) is 11.9 Å². The molecule has 0 heterocycles. The van der Waals surface area contributed by atoms with Crippen molar-refractivity contribution < 1.29 is 17.3 Å². The van der Waals surface area contributed by atoms with Crippen LogP contribution in [0.4, 0.5) is 23.0 Å². The second-order valence-electron chi connectivity index (χ2n) is 3.33. The van der Waals surface area contributed by atoms with Gasteiger partial charge in [0.2, 0.25) is 5.39 Å². The quantitative estimate of drug-likeness (QED) is 0.428. The number of unbranched alkanes of at least 4 members (excludes halogenated alkanes) is 1. The van der Waals surface area contributed by atoms with Crippen LogP contribution >= 0.6 is 0 Å². The first-order valence-electron chi connectivity index (χ1n) is 5.18. The monoisotopic (exact) mass is 248 g/mol. The number of halogens is 4. The van der Waals surface area contributed by atoms with Crippen molar-refractivity contribution >= 4 is 12.9 Å². The van der Waals surface area contributed by atoms with Crippen LogP contribution in [0.2, 0.25) is 0 Å². The maximum Gasteiger partial charge on any atom is 0.673 e. The summed E-state index contributed by atoms with van der Waals surface area (Å²) in [5.74, 6) is 0. The van der Waals surface area contributed by atoms with Gasteiger partial charge in [-0.05, 0) is 12.8 Å². The van der Waals surface area contributed by atoms with E-state index in [9.17, 15) is 17.3 Å². The third kappa shape index (κ3) is 9.36. The molecule has 0 spiro atoms. The van der Waals surface area contributed by atoms with E-state index < -0.39 is 7.25 Å². The van der Waals surface area contributed by atoms with Gasteiger partial charge >= 0.3 is 12.9 Å². The summed E-state index contributed by atoms with van der Waals surface area (Å²) in [6.07, 6.45) is 3.31. The molecular weight excluding hydrogens is 235 g/mol. The first-order chi connectivity index (χ1) is 7.88. The number of rotatable bonds is 3. The minimum atomic E-state index is -6.00. The molecule has 2 nitrogen and oxygen atoms in total. The van der Waals surface area contributed by atoms with Crippen LogP contribution in [0, 0.1) is 5.39 Å². The zero-order chi connectivity index (χ0) is 13.3. The van der Waals surface area contributed by atoms with Crippen LogP contribution in [0.3, 0.4) is 0 Å². The van der Waals surface area contributed by atoms with E-state index >= 15 is 0 Å². The molecule has 0 amide bonds. The van der Waals surface area contributed by atoms with Gasteiger partial charge in [-0.3, -0.25) is 0 Å². The molecular formula is C10H13BF4N2. The molecule has 17 heavy (non-hydrogen) atoms. The highest BCUT2D eigenvalue weighted by atomic mass is 19.5. The van der Waals surface area contributed by atoms with E-state index in [-0.39, 0.29) is 0 Å². The highest BCUT2D eigenvalue weighted by Gasteiger charge is 2.20. The smallest absolute Gasteiger partial charge is 0.418 e. The summed E-state index contributed by atoms with van der Waals surface area (Å²) in [6, 6.07) is 7.68. The zero-order valence-corrected chi connectivity index (χ0v) is 9.41. The molecule has 94 valence electrons. The lowest BCUT2D eigenvalue weighted by Gasteiger charge is -1.94. The molecule has 0 radical (unpaired) electrons. The average Bonchev–Trinajstić information content (AvgIpc) is 2.24. The highest BCUT2D eigenvalue weighted by Crippen LogP contribution is 2.19. The Morgan fingerprint density at radius 1 is 1.18 bits per heavy atom. The third-order valence-corrected chi connectivity index (χ3v) is 1.90. The Morgan fingerprint density at radius 2 is 1.71 bits per heavy atom. The van der Waals surface area contributed by atoms with Crippen LogP contribution in [0.5, 0.6) is 0 Å². The van der Waals surface area contributed by atoms with Crippen molar-refractivity contribution in [3.05, 3.63) is 34.8 Å². The minimum absolute atomic E-state index is 0.700. The molecule has 0 N–H and O–H groups in total. The molecule has 0 fully saturated rings. The molecule has 0 aromatic heterocycles. The first-order valence-corrected chi connectivity index (χ1v) is 5.18. The topological polar surface area (TPSA) is 28.1 Å². The van der Waals surface area contributed by atoms with Gasteiger partial charge in [0.25, 0.3) is 0 Å². The highest BCUT2D eigenvalue weighted by molar-refractivity contribution is 6.50. The normalized spacial score (nSPS) is 10.1. The molecule has 0 unspecified atom stereocenters. The number of hydrogen-bond donors (Lipinski definition) is 0. The van der Waals surface area contributed by atoms with Gasteiger partial charge in [-0.2, -0.15) is 0 Å². The predicted molar refractivity (Wildman–Crippen MR) is 60.0 cm³/mol. The molecule has 1 rings (SSSR count). The lowest BCUT2D eigenvalue weighted by atomic mass is 10.1. The van der Waals surface area contributed by atoms with Crippen LogP contribution in [-0.2, 0) is 6.42 Å². The Balaban J connectivity index is 0.000000437. The Hall–Kier alpha value is -1.58. The largest absolute Gasteiger partial charge is 0.673 e. The molecule has 0 atom stereocenters. The fourth-order valence-corrected chi connectivity index (χ4v) is 1.19. The van der Waals surface area contributed by atoms with Crippen LogP contribution in [0.15, 0.2) is 24.3 Å².